The normalized spacial score (nSPS) is 32.3. The van der Waals surface area contributed by atoms with Crippen LogP contribution < -0.4 is 5.32 Å². The van der Waals surface area contributed by atoms with E-state index >= 15 is 0 Å². The van der Waals surface area contributed by atoms with Crippen LogP contribution in [0.25, 0.3) is 0 Å². The molecule has 0 spiro atoms. The lowest BCUT2D eigenvalue weighted by Gasteiger charge is -2.38. The summed E-state index contributed by atoms with van der Waals surface area (Å²) in [6.07, 6.45) is 0.322. The van der Waals surface area contributed by atoms with Crippen molar-refractivity contribution in [2.75, 3.05) is 0 Å². The van der Waals surface area contributed by atoms with E-state index in [-0.39, 0.29) is 24.3 Å². The van der Waals surface area contributed by atoms with Crippen LogP contribution in [0.15, 0.2) is 0 Å². The Labute approximate surface area is 108 Å². The van der Waals surface area contributed by atoms with Crippen molar-refractivity contribution in [1.29, 1.82) is 0 Å². The fourth-order valence-corrected chi connectivity index (χ4v) is 3.13. The molecule has 0 saturated heterocycles. The van der Waals surface area contributed by atoms with Crippen LogP contribution in [-0.2, 0) is 0 Å². The standard InChI is InChI=1S/C14H24F3N/c1-12(2,3)10-4-6-11(7-5-10)18-13(8-9-13)14(15,16)17/h10-11,18H,4-9H2,1-3H3. The highest BCUT2D eigenvalue weighted by atomic mass is 19.4. The molecule has 18 heavy (non-hydrogen) atoms. The molecule has 106 valence electrons. The van der Waals surface area contributed by atoms with Gasteiger partial charge in [0.15, 0.2) is 0 Å². The quantitative estimate of drug-likeness (QED) is 0.784. The molecule has 2 aliphatic carbocycles. The van der Waals surface area contributed by atoms with Crippen LogP contribution in [0.1, 0.15) is 59.3 Å². The summed E-state index contributed by atoms with van der Waals surface area (Å²) in [5, 5.41) is 2.89. The van der Waals surface area contributed by atoms with Crippen LogP contribution in [-0.4, -0.2) is 17.8 Å². The van der Waals surface area contributed by atoms with Gasteiger partial charge < -0.3 is 5.32 Å². The van der Waals surface area contributed by atoms with Crippen LogP contribution in [0.2, 0.25) is 0 Å². The van der Waals surface area contributed by atoms with E-state index in [1.54, 1.807) is 0 Å². The maximum atomic E-state index is 12.9. The van der Waals surface area contributed by atoms with Gasteiger partial charge in [-0.25, -0.2) is 0 Å². The summed E-state index contributed by atoms with van der Waals surface area (Å²) in [4.78, 5) is 0. The third kappa shape index (κ3) is 2.84. The Morgan fingerprint density at radius 1 is 0.944 bits per heavy atom. The summed E-state index contributed by atoms with van der Waals surface area (Å²) in [5.41, 5.74) is -1.25. The smallest absolute Gasteiger partial charge is 0.301 e. The fourth-order valence-electron chi connectivity index (χ4n) is 3.13. The first-order valence-electron chi connectivity index (χ1n) is 6.98. The van der Waals surface area contributed by atoms with Gasteiger partial charge in [0, 0.05) is 6.04 Å². The predicted octanol–water partition coefficient (Wildman–Crippen LogP) is 4.28. The van der Waals surface area contributed by atoms with Crippen LogP contribution in [0.3, 0.4) is 0 Å². The molecule has 0 atom stereocenters. The van der Waals surface area contributed by atoms with Gasteiger partial charge in [0.25, 0.3) is 0 Å². The second kappa shape index (κ2) is 4.39. The molecular formula is C14H24F3N. The average molecular weight is 263 g/mol. The van der Waals surface area contributed by atoms with Gasteiger partial charge in [-0.3, -0.25) is 0 Å². The van der Waals surface area contributed by atoms with Crippen molar-refractivity contribution >= 4 is 0 Å². The zero-order chi connectivity index (χ0) is 13.6. The second-order valence-electron chi connectivity index (χ2n) is 7.14. The van der Waals surface area contributed by atoms with Crippen LogP contribution in [0.4, 0.5) is 13.2 Å². The molecule has 1 N–H and O–H groups in total. The molecular weight excluding hydrogens is 239 g/mol. The predicted molar refractivity (Wildman–Crippen MR) is 66.4 cm³/mol. The number of halogens is 3. The Morgan fingerprint density at radius 2 is 1.44 bits per heavy atom. The zero-order valence-electron chi connectivity index (χ0n) is 11.5. The van der Waals surface area contributed by atoms with E-state index in [0.29, 0.717) is 5.92 Å². The highest BCUT2D eigenvalue weighted by molar-refractivity contribution is 5.09. The summed E-state index contributed by atoms with van der Waals surface area (Å²) >= 11 is 0. The third-order valence-electron chi connectivity index (χ3n) is 4.72. The minimum atomic E-state index is -4.08. The minimum Gasteiger partial charge on any atom is -0.301 e. The molecule has 0 bridgehead atoms. The van der Waals surface area contributed by atoms with Gasteiger partial charge in [-0.2, -0.15) is 13.2 Å². The topological polar surface area (TPSA) is 12.0 Å². The Hall–Kier alpha value is -0.250. The van der Waals surface area contributed by atoms with Gasteiger partial charge in [-0.05, 0) is 49.9 Å². The Morgan fingerprint density at radius 3 is 1.78 bits per heavy atom. The lowest BCUT2D eigenvalue weighted by molar-refractivity contribution is -0.168. The molecule has 0 aliphatic heterocycles. The van der Waals surface area contributed by atoms with Crippen LogP contribution in [0.5, 0.6) is 0 Å². The van der Waals surface area contributed by atoms with E-state index in [1.165, 1.54) is 0 Å². The first-order valence-corrected chi connectivity index (χ1v) is 6.98. The van der Waals surface area contributed by atoms with Crippen molar-refractivity contribution in [2.24, 2.45) is 11.3 Å². The molecule has 2 saturated carbocycles. The lowest BCUT2D eigenvalue weighted by Crippen LogP contribution is -2.51. The first kappa shape index (κ1) is 14.2. The number of hydrogen-bond donors (Lipinski definition) is 1. The molecule has 0 aromatic carbocycles. The van der Waals surface area contributed by atoms with Crippen LogP contribution >= 0.6 is 0 Å². The van der Waals surface area contributed by atoms with Crippen LogP contribution in [0, 0.1) is 11.3 Å². The van der Waals surface area contributed by atoms with Gasteiger partial charge in [-0.1, -0.05) is 20.8 Å². The molecule has 0 amide bonds. The number of rotatable bonds is 2. The molecule has 0 heterocycles. The average Bonchev–Trinajstić information content (AvgIpc) is 2.97. The highest BCUT2D eigenvalue weighted by Crippen LogP contribution is 2.50. The SMILES string of the molecule is CC(C)(C)C1CCC(NC2(C(F)(F)F)CC2)CC1. The van der Waals surface area contributed by atoms with Gasteiger partial charge >= 0.3 is 6.18 Å². The molecule has 0 aromatic heterocycles. The maximum absolute atomic E-state index is 12.9. The maximum Gasteiger partial charge on any atom is 0.406 e. The van der Waals surface area contributed by atoms with E-state index in [9.17, 15) is 13.2 Å². The summed E-state index contributed by atoms with van der Waals surface area (Å²) in [5.74, 6) is 0.650. The van der Waals surface area contributed by atoms with E-state index in [0.717, 1.165) is 25.7 Å². The Balaban J connectivity index is 1.85. The van der Waals surface area contributed by atoms with Crippen molar-refractivity contribution in [3.8, 4) is 0 Å². The third-order valence-corrected chi connectivity index (χ3v) is 4.72. The number of alkyl halides is 3. The summed E-state index contributed by atoms with van der Waals surface area (Å²) in [7, 11) is 0. The molecule has 0 aromatic rings. The summed E-state index contributed by atoms with van der Waals surface area (Å²) in [6, 6.07) is 0.0627. The van der Waals surface area contributed by atoms with Crippen molar-refractivity contribution in [3.63, 3.8) is 0 Å². The molecule has 2 fully saturated rings. The number of nitrogens with one attached hydrogen (secondary N) is 1. The molecule has 0 radical (unpaired) electrons. The Bertz CT molecular complexity index is 291. The fraction of sp³-hybridized carbons (Fsp3) is 1.00. The zero-order valence-corrected chi connectivity index (χ0v) is 11.5. The molecule has 4 heteroatoms. The highest BCUT2D eigenvalue weighted by Gasteiger charge is 2.63. The molecule has 2 rings (SSSR count). The Kier molecular flexibility index (Phi) is 3.46. The largest absolute Gasteiger partial charge is 0.406 e. The lowest BCUT2D eigenvalue weighted by atomic mass is 9.71. The summed E-state index contributed by atoms with van der Waals surface area (Å²) in [6.45, 7) is 6.68. The van der Waals surface area contributed by atoms with Gasteiger partial charge in [0.1, 0.15) is 5.54 Å². The van der Waals surface area contributed by atoms with E-state index in [1.807, 2.05) is 0 Å². The molecule has 1 nitrogen and oxygen atoms in total. The van der Waals surface area contributed by atoms with Crippen molar-refractivity contribution in [2.45, 2.75) is 77.1 Å². The minimum absolute atomic E-state index is 0.0627. The van der Waals surface area contributed by atoms with Crippen molar-refractivity contribution < 1.29 is 13.2 Å². The molecule has 2 aliphatic rings. The van der Waals surface area contributed by atoms with Gasteiger partial charge in [-0.15, -0.1) is 0 Å². The first-order chi connectivity index (χ1) is 8.14. The molecule has 0 unspecified atom stereocenters. The van der Waals surface area contributed by atoms with E-state index in [4.69, 9.17) is 0 Å². The summed E-state index contributed by atoms with van der Waals surface area (Å²) < 4.78 is 38.6. The second-order valence-corrected chi connectivity index (χ2v) is 7.14. The number of hydrogen-bond acceptors (Lipinski definition) is 1. The monoisotopic (exact) mass is 263 g/mol. The van der Waals surface area contributed by atoms with Crippen molar-refractivity contribution in [3.05, 3.63) is 0 Å². The van der Waals surface area contributed by atoms with E-state index < -0.39 is 11.7 Å². The van der Waals surface area contributed by atoms with Gasteiger partial charge in [0.2, 0.25) is 0 Å². The van der Waals surface area contributed by atoms with Gasteiger partial charge in [0.05, 0.1) is 0 Å². The van der Waals surface area contributed by atoms with Crippen molar-refractivity contribution in [1.82, 2.24) is 5.32 Å². The van der Waals surface area contributed by atoms with E-state index in [2.05, 4.69) is 26.1 Å².